The lowest BCUT2D eigenvalue weighted by molar-refractivity contribution is 0.208. The Morgan fingerprint density at radius 1 is 0.917 bits per heavy atom. The van der Waals surface area contributed by atoms with E-state index in [0.29, 0.717) is 0 Å². The van der Waals surface area contributed by atoms with Crippen molar-refractivity contribution < 1.29 is 4.79 Å². The van der Waals surface area contributed by atoms with Crippen molar-refractivity contribution in [3.63, 3.8) is 0 Å². The molecule has 1 N–H and O–H groups in total. The lowest BCUT2D eigenvalue weighted by Crippen LogP contribution is -2.50. The van der Waals surface area contributed by atoms with E-state index in [1.165, 1.54) is 16.8 Å². The molecule has 4 nitrogen and oxygen atoms in total. The van der Waals surface area contributed by atoms with Crippen molar-refractivity contribution in [3.8, 4) is 0 Å². The summed E-state index contributed by atoms with van der Waals surface area (Å²) >= 11 is 0. The van der Waals surface area contributed by atoms with Crippen LogP contribution >= 0.6 is 0 Å². The molecule has 1 aliphatic rings. The van der Waals surface area contributed by atoms with Crippen molar-refractivity contribution in [1.29, 1.82) is 0 Å². The first-order chi connectivity index (χ1) is 11.5. The number of hydrogen-bond donors (Lipinski definition) is 1. The minimum Gasteiger partial charge on any atom is -0.368 e. The van der Waals surface area contributed by atoms with Gasteiger partial charge in [-0.2, -0.15) is 0 Å². The van der Waals surface area contributed by atoms with Gasteiger partial charge in [0.25, 0.3) is 0 Å². The van der Waals surface area contributed by atoms with Gasteiger partial charge < -0.3 is 15.1 Å². The highest BCUT2D eigenvalue weighted by atomic mass is 16.2. The fourth-order valence-electron chi connectivity index (χ4n) is 3.14. The monoisotopic (exact) mass is 323 g/mol. The van der Waals surface area contributed by atoms with Gasteiger partial charge in [-0.25, -0.2) is 4.79 Å². The maximum atomic E-state index is 12.5. The van der Waals surface area contributed by atoms with Crippen LogP contribution in [0.15, 0.2) is 42.5 Å². The van der Waals surface area contributed by atoms with Crippen molar-refractivity contribution >= 4 is 17.4 Å². The van der Waals surface area contributed by atoms with Gasteiger partial charge in [0.05, 0.1) is 0 Å². The molecule has 0 unspecified atom stereocenters. The third-order valence-electron chi connectivity index (χ3n) is 4.56. The Morgan fingerprint density at radius 3 is 2.29 bits per heavy atom. The molecule has 1 fully saturated rings. The van der Waals surface area contributed by atoms with Gasteiger partial charge >= 0.3 is 6.03 Å². The Hall–Kier alpha value is -2.49. The zero-order valence-electron chi connectivity index (χ0n) is 14.7. The van der Waals surface area contributed by atoms with Crippen molar-refractivity contribution in [2.45, 2.75) is 20.8 Å². The molecule has 0 aromatic heterocycles. The van der Waals surface area contributed by atoms with Crippen LogP contribution in [0.5, 0.6) is 0 Å². The maximum absolute atomic E-state index is 12.5. The molecule has 4 heteroatoms. The molecule has 3 rings (SSSR count). The van der Waals surface area contributed by atoms with E-state index in [0.717, 1.165) is 37.4 Å². The van der Waals surface area contributed by atoms with Gasteiger partial charge in [-0.15, -0.1) is 0 Å². The first-order valence-corrected chi connectivity index (χ1v) is 8.48. The summed E-state index contributed by atoms with van der Waals surface area (Å²) in [6, 6.07) is 14.6. The predicted molar refractivity (Wildman–Crippen MR) is 99.9 cm³/mol. The minimum atomic E-state index is -0.00848. The summed E-state index contributed by atoms with van der Waals surface area (Å²) in [5.41, 5.74) is 5.71. The second kappa shape index (κ2) is 6.95. The standard InChI is InChI=1S/C20H25N3O/c1-15-5-4-6-18(14-15)22-9-11-23(12-10-22)20(24)21-19-8-7-16(2)13-17(19)3/h4-8,13-14H,9-12H2,1-3H3,(H,21,24). The molecular weight excluding hydrogens is 298 g/mol. The number of hydrogen-bond acceptors (Lipinski definition) is 2. The van der Waals surface area contributed by atoms with E-state index in [-0.39, 0.29) is 6.03 Å². The Bertz CT molecular complexity index is 733. The zero-order valence-corrected chi connectivity index (χ0v) is 14.7. The summed E-state index contributed by atoms with van der Waals surface area (Å²) in [6.45, 7) is 9.40. The molecule has 126 valence electrons. The number of anilines is 2. The van der Waals surface area contributed by atoms with E-state index in [1.54, 1.807) is 0 Å². The summed E-state index contributed by atoms with van der Waals surface area (Å²) in [6.07, 6.45) is 0. The fourth-order valence-corrected chi connectivity index (χ4v) is 3.14. The molecule has 0 spiro atoms. The highest BCUT2D eigenvalue weighted by Crippen LogP contribution is 2.19. The van der Waals surface area contributed by atoms with Crippen LogP contribution in [0.3, 0.4) is 0 Å². The van der Waals surface area contributed by atoms with Gasteiger partial charge in [-0.3, -0.25) is 0 Å². The van der Waals surface area contributed by atoms with E-state index < -0.39 is 0 Å². The molecule has 2 aromatic carbocycles. The molecule has 1 aliphatic heterocycles. The number of nitrogens with one attached hydrogen (secondary N) is 1. The topological polar surface area (TPSA) is 35.6 Å². The van der Waals surface area contributed by atoms with E-state index in [9.17, 15) is 4.79 Å². The fraction of sp³-hybridized carbons (Fsp3) is 0.350. The molecule has 2 aromatic rings. The molecule has 0 atom stereocenters. The summed E-state index contributed by atoms with van der Waals surface area (Å²) in [7, 11) is 0. The SMILES string of the molecule is Cc1cccc(N2CCN(C(=O)Nc3ccc(C)cc3C)CC2)c1. The Labute approximate surface area is 144 Å². The lowest BCUT2D eigenvalue weighted by Gasteiger charge is -2.36. The van der Waals surface area contributed by atoms with E-state index >= 15 is 0 Å². The number of piperazine rings is 1. The normalized spacial score (nSPS) is 14.6. The molecular formula is C20H25N3O. The van der Waals surface area contributed by atoms with Crippen molar-refractivity contribution in [1.82, 2.24) is 4.90 Å². The number of aryl methyl sites for hydroxylation is 3. The van der Waals surface area contributed by atoms with E-state index in [2.05, 4.69) is 54.4 Å². The number of carbonyl (C=O) groups excluding carboxylic acids is 1. The molecule has 24 heavy (non-hydrogen) atoms. The summed E-state index contributed by atoms with van der Waals surface area (Å²) in [4.78, 5) is 16.7. The zero-order chi connectivity index (χ0) is 17.1. The first kappa shape index (κ1) is 16.4. The molecule has 1 saturated heterocycles. The van der Waals surface area contributed by atoms with Crippen LogP contribution < -0.4 is 10.2 Å². The molecule has 2 amide bonds. The van der Waals surface area contributed by atoms with Crippen LogP contribution in [0.4, 0.5) is 16.2 Å². The largest absolute Gasteiger partial charge is 0.368 e. The maximum Gasteiger partial charge on any atom is 0.321 e. The summed E-state index contributed by atoms with van der Waals surface area (Å²) in [5, 5.41) is 3.04. The van der Waals surface area contributed by atoms with E-state index in [4.69, 9.17) is 0 Å². The van der Waals surface area contributed by atoms with Gasteiger partial charge in [0.1, 0.15) is 0 Å². The van der Waals surface area contributed by atoms with Crippen molar-refractivity contribution in [2.75, 3.05) is 36.4 Å². The average Bonchev–Trinajstić information content (AvgIpc) is 2.57. The average molecular weight is 323 g/mol. The summed E-state index contributed by atoms with van der Waals surface area (Å²) < 4.78 is 0. The predicted octanol–water partition coefficient (Wildman–Crippen LogP) is 3.97. The van der Waals surface area contributed by atoms with Gasteiger partial charge in [0.15, 0.2) is 0 Å². The Kier molecular flexibility index (Phi) is 4.74. The molecule has 0 saturated carbocycles. The number of nitrogens with zero attached hydrogens (tertiary/aromatic N) is 2. The van der Waals surface area contributed by atoms with Crippen LogP contribution in [0, 0.1) is 20.8 Å². The van der Waals surface area contributed by atoms with Crippen LogP contribution in [-0.2, 0) is 0 Å². The first-order valence-electron chi connectivity index (χ1n) is 8.48. The lowest BCUT2D eigenvalue weighted by atomic mass is 10.1. The Balaban J connectivity index is 1.59. The van der Waals surface area contributed by atoms with Gasteiger partial charge in [0, 0.05) is 37.6 Å². The van der Waals surface area contributed by atoms with Gasteiger partial charge in [-0.05, 0) is 50.1 Å². The van der Waals surface area contributed by atoms with Crippen LogP contribution in [0.2, 0.25) is 0 Å². The van der Waals surface area contributed by atoms with Crippen molar-refractivity contribution in [3.05, 3.63) is 59.2 Å². The third kappa shape index (κ3) is 3.70. The molecule has 1 heterocycles. The number of carbonyl (C=O) groups is 1. The van der Waals surface area contributed by atoms with Gasteiger partial charge in [0.2, 0.25) is 0 Å². The summed E-state index contributed by atoms with van der Waals surface area (Å²) in [5.74, 6) is 0. The number of benzene rings is 2. The Morgan fingerprint density at radius 2 is 1.62 bits per heavy atom. The van der Waals surface area contributed by atoms with Crippen molar-refractivity contribution in [2.24, 2.45) is 0 Å². The van der Waals surface area contributed by atoms with E-state index in [1.807, 2.05) is 24.0 Å². The van der Waals surface area contributed by atoms with Gasteiger partial charge in [-0.1, -0.05) is 29.8 Å². The quantitative estimate of drug-likeness (QED) is 0.908. The number of urea groups is 1. The molecule has 0 bridgehead atoms. The second-order valence-electron chi connectivity index (χ2n) is 6.56. The molecule has 0 radical (unpaired) electrons. The third-order valence-corrected chi connectivity index (χ3v) is 4.56. The number of rotatable bonds is 2. The smallest absolute Gasteiger partial charge is 0.321 e. The highest BCUT2D eigenvalue weighted by Gasteiger charge is 2.21. The highest BCUT2D eigenvalue weighted by molar-refractivity contribution is 5.90. The minimum absolute atomic E-state index is 0.00848. The molecule has 0 aliphatic carbocycles. The second-order valence-corrected chi connectivity index (χ2v) is 6.56. The van der Waals surface area contributed by atoms with Crippen LogP contribution in [0.1, 0.15) is 16.7 Å². The van der Waals surface area contributed by atoms with Crippen LogP contribution in [0.25, 0.3) is 0 Å². The number of amides is 2. The van der Waals surface area contributed by atoms with Crippen LogP contribution in [-0.4, -0.2) is 37.1 Å².